The van der Waals surface area contributed by atoms with E-state index in [1.54, 1.807) is 48.5 Å². The van der Waals surface area contributed by atoms with E-state index in [4.69, 9.17) is 32.7 Å². The maximum atomic E-state index is 12.6. The Morgan fingerprint density at radius 2 is 1.77 bits per heavy atom. The molecule has 0 aliphatic rings. The van der Waals surface area contributed by atoms with Crippen molar-refractivity contribution < 1.29 is 19.1 Å². The van der Waals surface area contributed by atoms with Gasteiger partial charge in [0.15, 0.2) is 11.3 Å². The normalized spacial score (nSPS) is 11.4. The van der Waals surface area contributed by atoms with Crippen LogP contribution in [-0.4, -0.2) is 23.0 Å². The van der Waals surface area contributed by atoms with Crippen LogP contribution in [0.3, 0.4) is 0 Å². The van der Waals surface area contributed by atoms with Crippen LogP contribution in [0.2, 0.25) is 10.2 Å². The zero-order valence-corrected chi connectivity index (χ0v) is 17.5. The van der Waals surface area contributed by atoms with E-state index in [2.05, 4.69) is 10.3 Å². The number of carbonyl (C=O) groups is 2. The molecule has 2 aromatic carbocycles. The number of ether oxygens (including phenoxy) is 2. The first-order valence-corrected chi connectivity index (χ1v) is 9.78. The molecule has 0 saturated heterocycles. The molecular weight excluding hydrogens is 427 g/mol. The topological polar surface area (TPSA) is 77.5 Å². The quantitative estimate of drug-likeness (QED) is 0.402. The fourth-order valence-corrected chi connectivity index (χ4v) is 2.79. The van der Waals surface area contributed by atoms with Crippen LogP contribution in [0.15, 0.2) is 66.9 Å². The number of benzene rings is 2. The predicted molar refractivity (Wildman–Crippen MR) is 115 cm³/mol. The first-order valence-electron chi connectivity index (χ1n) is 9.02. The molecule has 1 amide bonds. The lowest BCUT2D eigenvalue weighted by Crippen LogP contribution is -2.30. The highest BCUT2D eigenvalue weighted by Crippen LogP contribution is 2.22. The minimum Gasteiger partial charge on any atom is -0.488 e. The lowest BCUT2D eigenvalue weighted by molar-refractivity contribution is -0.123. The zero-order valence-electron chi connectivity index (χ0n) is 16.0. The van der Waals surface area contributed by atoms with Crippen LogP contribution in [-0.2, 0) is 16.1 Å². The van der Waals surface area contributed by atoms with E-state index in [1.807, 2.05) is 12.1 Å². The summed E-state index contributed by atoms with van der Waals surface area (Å²) in [6.45, 7) is 1.71. The van der Waals surface area contributed by atoms with Gasteiger partial charge in [0, 0.05) is 11.2 Å². The minimum absolute atomic E-state index is 0.144. The van der Waals surface area contributed by atoms with E-state index in [1.165, 1.54) is 13.1 Å². The average Bonchev–Trinajstić information content (AvgIpc) is 2.75. The Morgan fingerprint density at radius 1 is 1.03 bits per heavy atom. The van der Waals surface area contributed by atoms with Crippen LogP contribution in [0.1, 0.15) is 22.8 Å². The van der Waals surface area contributed by atoms with E-state index >= 15 is 0 Å². The van der Waals surface area contributed by atoms with Crippen molar-refractivity contribution in [3.05, 3.63) is 88.2 Å². The van der Waals surface area contributed by atoms with Gasteiger partial charge in [-0.25, -0.2) is 9.78 Å². The summed E-state index contributed by atoms with van der Waals surface area (Å²) in [7, 11) is 0. The van der Waals surface area contributed by atoms with E-state index in [0.717, 1.165) is 5.56 Å². The summed E-state index contributed by atoms with van der Waals surface area (Å²) in [6.07, 6.45) is 0.445. The van der Waals surface area contributed by atoms with Gasteiger partial charge in [-0.05, 0) is 48.9 Å². The molecule has 0 spiro atoms. The Morgan fingerprint density at radius 3 is 2.50 bits per heavy atom. The number of nitrogens with one attached hydrogen (secondary N) is 1. The Labute approximate surface area is 183 Å². The number of pyridine rings is 1. The average molecular weight is 445 g/mol. The maximum absolute atomic E-state index is 12.6. The third-order valence-electron chi connectivity index (χ3n) is 4.08. The second-order valence-electron chi connectivity index (χ2n) is 6.29. The van der Waals surface area contributed by atoms with E-state index in [9.17, 15) is 9.59 Å². The van der Waals surface area contributed by atoms with E-state index in [0.29, 0.717) is 16.5 Å². The second-order valence-corrected chi connectivity index (χ2v) is 7.08. The molecule has 0 aliphatic carbocycles. The van der Waals surface area contributed by atoms with Gasteiger partial charge in [-0.1, -0.05) is 47.5 Å². The number of carbonyl (C=O) groups excluding carboxylic acids is 2. The Balaban J connectivity index is 1.64. The second kappa shape index (κ2) is 10.1. The first kappa shape index (κ1) is 21.6. The van der Waals surface area contributed by atoms with Crippen molar-refractivity contribution in [3.8, 4) is 5.75 Å². The molecule has 0 saturated carbocycles. The summed E-state index contributed by atoms with van der Waals surface area (Å²) in [5.74, 6) is -0.861. The summed E-state index contributed by atoms with van der Waals surface area (Å²) in [5, 5.41) is 3.35. The number of esters is 1. The monoisotopic (exact) mass is 444 g/mol. The van der Waals surface area contributed by atoms with E-state index < -0.39 is 18.0 Å². The van der Waals surface area contributed by atoms with Crippen molar-refractivity contribution in [3.63, 3.8) is 0 Å². The molecule has 0 aliphatic heterocycles. The van der Waals surface area contributed by atoms with Crippen molar-refractivity contribution in [2.45, 2.75) is 19.6 Å². The standard InChI is InChI=1S/C22H18Cl2N2O4/c1-14(21(27)26-18-6-4-12-25-20(18)24)30-22(28)17-5-2-3-7-19(17)29-13-15-8-10-16(23)11-9-15/h2-12,14H,13H2,1H3,(H,26,27)/t14-/m1/s1. The number of amides is 1. The largest absolute Gasteiger partial charge is 0.488 e. The minimum atomic E-state index is -1.06. The lowest BCUT2D eigenvalue weighted by atomic mass is 10.2. The van der Waals surface area contributed by atoms with E-state index in [-0.39, 0.29) is 17.3 Å². The molecule has 6 nitrogen and oxygen atoms in total. The van der Waals surface area contributed by atoms with Crippen molar-refractivity contribution >= 4 is 40.8 Å². The number of nitrogens with zero attached hydrogens (tertiary/aromatic N) is 1. The number of anilines is 1. The first-order chi connectivity index (χ1) is 14.4. The third-order valence-corrected chi connectivity index (χ3v) is 4.64. The molecule has 3 rings (SSSR count). The van der Waals surface area contributed by atoms with Gasteiger partial charge in [-0.15, -0.1) is 0 Å². The highest BCUT2D eigenvalue weighted by Gasteiger charge is 2.22. The third kappa shape index (κ3) is 5.72. The van der Waals surface area contributed by atoms with Crippen LogP contribution in [0.25, 0.3) is 0 Å². The SMILES string of the molecule is C[C@@H](OC(=O)c1ccccc1OCc1ccc(Cl)cc1)C(=O)Nc1cccnc1Cl. The number of hydrogen-bond donors (Lipinski definition) is 1. The number of para-hydroxylation sites is 1. The molecule has 154 valence electrons. The van der Waals surface area contributed by atoms with Crippen molar-refractivity contribution in [2.75, 3.05) is 5.32 Å². The smallest absolute Gasteiger partial charge is 0.342 e. The van der Waals surface area contributed by atoms with Gasteiger partial charge in [0.1, 0.15) is 17.9 Å². The van der Waals surface area contributed by atoms with Crippen molar-refractivity contribution in [1.82, 2.24) is 4.98 Å². The molecule has 0 radical (unpaired) electrons. The Kier molecular flexibility index (Phi) is 7.27. The van der Waals surface area contributed by atoms with Gasteiger partial charge < -0.3 is 14.8 Å². The fraction of sp³-hybridized carbons (Fsp3) is 0.136. The van der Waals surface area contributed by atoms with Crippen molar-refractivity contribution in [1.29, 1.82) is 0 Å². The van der Waals surface area contributed by atoms with Crippen LogP contribution in [0, 0.1) is 0 Å². The Bertz CT molecular complexity index is 1040. The molecule has 3 aromatic rings. The van der Waals surface area contributed by atoms with Gasteiger partial charge in [-0.2, -0.15) is 0 Å². The molecule has 1 N–H and O–H groups in total. The number of rotatable bonds is 7. The highest BCUT2D eigenvalue weighted by molar-refractivity contribution is 6.32. The molecule has 30 heavy (non-hydrogen) atoms. The van der Waals surface area contributed by atoms with Gasteiger partial charge in [0.25, 0.3) is 5.91 Å². The molecule has 1 atom stereocenters. The maximum Gasteiger partial charge on any atom is 0.342 e. The molecule has 0 fully saturated rings. The van der Waals surface area contributed by atoms with Crippen LogP contribution >= 0.6 is 23.2 Å². The molecule has 1 heterocycles. The van der Waals surface area contributed by atoms with Gasteiger partial charge in [0.2, 0.25) is 0 Å². The van der Waals surface area contributed by atoms with Gasteiger partial charge in [-0.3, -0.25) is 4.79 Å². The summed E-state index contributed by atoms with van der Waals surface area (Å²) in [6, 6.07) is 17.1. The predicted octanol–water partition coefficient (Wildman–Crippen LogP) is 5.15. The summed E-state index contributed by atoms with van der Waals surface area (Å²) < 4.78 is 11.1. The molecule has 0 bridgehead atoms. The van der Waals surface area contributed by atoms with Crippen LogP contribution < -0.4 is 10.1 Å². The molecular formula is C22H18Cl2N2O4. The Hall–Kier alpha value is -3.09. The summed E-state index contributed by atoms with van der Waals surface area (Å²) in [5.41, 5.74) is 1.44. The molecule has 1 aromatic heterocycles. The molecule has 0 unspecified atom stereocenters. The zero-order chi connectivity index (χ0) is 21.5. The number of aromatic nitrogens is 1. The van der Waals surface area contributed by atoms with Crippen LogP contribution in [0.5, 0.6) is 5.75 Å². The van der Waals surface area contributed by atoms with Crippen LogP contribution in [0.4, 0.5) is 5.69 Å². The highest BCUT2D eigenvalue weighted by atomic mass is 35.5. The fourth-order valence-electron chi connectivity index (χ4n) is 2.49. The number of hydrogen-bond acceptors (Lipinski definition) is 5. The van der Waals surface area contributed by atoms with Gasteiger partial charge >= 0.3 is 5.97 Å². The summed E-state index contributed by atoms with van der Waals surface area (Å²) in [4.78, 5) is 28.8. The number of halogens is 2. The van der Waals surface area contributed by atoms with Gasteiger partial charge in [0.05, 0.1) is 5.69 Å². The van der Waals surface area contributed by atoms with Crippen molar-refractivity contribution in [2.24, 2.45) is 0 Å². The summed E-state index contributed by atoms with van der Waals surface area (Å²) >= 11 is 11.8. The lowest BCUT2D eigenvalue weighted by Gasteiger charge is -2.15. The molecule has 8 heteroatoms.